The molecule has 0 aliphatic carbocycles. The van der Waals surface area contributed by atoms with Gasteiger partial charge in [0.2, 0.25) is 0 Å². The third kappa shape index (κ3) is 6.56. The summed E-state index contributed by atoms with van der Waals surface area (Å²) in [5.41, 5.74) is 2.47. The van der Waals surface area contributed by atoms with Gasteiger partial charge in [0.1, 0.15) is 24.0 Å². The normalized spacial score (nSPS) is 22.5. The fourth-order valence-corrected chi connectivity index (χ4v) is 7.34. The van der Waals surface area contributed by atoms with Gasteiger partial charge in [-0.2, -0.15) is 0 Å². The van der Waals surface area contributed by atoms with Gasteiger partial charge in [-0.05, 0) is 73.2 Å². The third-order valence-electron chi connectivity index (χ3n) is 9.30. The van der Waals surface area contributed by atoms with E-state index in [-0.39, 0.29) is 24.1 Å². The highest BCUT2D eigenvalue weighted by Gasteiger charge is 2.42. The van der Waals surface area contributed by atoms with E-state index in [4.69, 9.17) is 4.74 Å². The number of alkyl halides is 2. The molecule has 0 aromatic heterocycles. The minimum atomic E-state index is -2.66. The Hall–Kier alpha value is -3.63. The van der Waals surface area contributed by atoms with Crippen molar-refractivity contribution in [1.29, 1.82) is 0 Å². The second-order valence-electron chi connectivity index (χ2n) is 12.4. The Balaban J connectivity index is 1.25. The van der Waals surface area contributed by atoms with Crippen molar-refractivity contribution in [2.75, 3.05) is 50.7 Å². The highest BCUT2D eigenvalue weighted by atomic mass is 19.3. The number of fused-ring (bicyclic) bond motifs is 1. The Labute approximate surface area is 254 Å². The minimum Gasteiger partial charge on any atom is -0.489 e. The summed E-state index contributed by atoms with van der Waals surface area (Å²) in [7, 11) is 0. The summed E-state index contributed by atoms with van der Waals surface area (Å²) in [6.07, 6.45) is 0.414. The van der Waals surface area contributed by atoms with Crippen LogP contribution < -0.4 is 9.64 Å². The van der Waals surface area contributed by atoms with Gasteiger partial charge in [0.25, 0.3) is 6.43 Å². The minimum absolute atomic E-state index is 0.0155. The van der Waals surface area contributed by atoms with Crippen molar-refractivity contribution in [1.82, 2.24) is 9.80 Å². The van der Waals surface area contributed by atoms with Crippen LogP contribution in [-0.2, 0) is 17.8 Å². The van der Waals surface area contributed by atoms with Gasteiger partial charge in [0, 0.05) is 42.8 Å². The molecule has 1 N–H and O–H groups in total. The molecule has 6 nitrogen and oxygen atoms in total. The zero-order valence-corrected chi connectivity index (χ0v) is 24.5. The van der Waals surface area contributed by atoms with Crippen LogP contribution in [-0.4, -0.2) is 73.1 Å². The van der Waals surface area contributed by atoms with E-state index in [0.29, 0.717) is 49.7 Å². The number of anilines is 1. The quantitative estimate of drug-likeness (QED) is 0.294. The number of halogens is 4. The highest BCUT2D eigenvalue weighted by Crippen LogP contribution is 2.43. The molecular formula is C34H37F4N3O3. The Morgan fingerprint density at radius 2 is 1.75 bits per heavy atom. The van der Waals surface area contributed by atoms with Crippen LogP contribution in [0, 0.1) is 17.0 Å². The maximum atomic E-state index is 16.0. The van der Waals surface area contributed by atoms with Crippen LogP contribution >= 0.6 is 0 Å². The van der Waals surface area contributed by atoms with Crippen LogP contribution in [0.4, 0.5) is 23.2 Å². The average Bonchev–Trinajstić information content (AvgIpc) is 3.39. The number of nitrogens with zero attached hydrogens (tertiary/aromatic N) is 3. The first-order chi connectivity index (χ1) is 21.2. The number of likely N-dealkylation sites (tertiary alicyclic amines) is 1. The number of benzene rings is 3. The lowest BCUT2D eigenvalue weighted by Gasteiger charge is -2.40. The van der Waals surface area contributed by atoms with Gasteiger partial charge in [-0.3, -0.25) is 14.6 Å². The number of hydrogen-bond acceptors (Lipinski definition) is 5. The maximum absolute atomic E-state index is 16.0. The molecule has 3 aromatic rings. The molecule has 10 heteroatoms. The standard InChI is InChI=1S/C34H37F4N3O3/c35-28-16-25(41-14-11-34(22-41)10-4-12-39(21-34)19-31(42)43)17-29(36)32(28)33-27-8-7-26(44-20-23-5-2-1-3-6-23)15-24(27)9-13-40(33)18-30(37)38/h1-3,5-8,15-17,30,33H,4,9-14,18-22H2,(H,42,43). The highest BCUT2D eigenvalue weighted by molar-refractivity contribution is 5.69. The maximum Gasteiger partial charge on any atom is 0.317 e. The number of hydrogen-bond donors (Lipinski definition) is 1. The molecular weight excluding hydrogens is 574 g/mol. The van der Waals surface area contributed by atoms with Gasteiger partial charge in [-0.15, -0.1) is 0 Å². The van der Waals surface area contributed by atoms with E-state index in [0.717, 1.165) is 36.9 Å². The van der Waals surface area contributed by atoms with Crippen LogP contribution in [0.3, 0.4) is 0 Å². The van der Waals surface area contributed by atoms with Crippen molar-refractivity contribution in [2.45, 2.75) is 44.8 Å². The monoisotopic (exact) mass is 611 g/mol. The molecule has 3 aliphatic rings. The molecule has 0 bridgehead atoms. The van der Waals surface area contributed by atoms with Crippen molar-refractivity contribution in [3.05, 3.63) is 94.6 Å². The lowest BCUT2D eigenvalue weighted by molar-refractivity contribution is -0.139. The molecule has 234 valence electrons. The lowest BCUT2D eigenvalue weighted by atomic mass is 9.79. The number of rotatable bonds is 9. The van der Waals surface area contributed by atoms with Crippen LogP contribution in [0.2, 0.25) is 0 Å². The van der Waals surface area contributed by atoms with E-state index in [9.17, 15) is 18.7 Å². The van der Waals surface area contributed by atoms with E-state index in [2.05, 4.69) is 0 Å². The number of aliphatic carboxylic acids is 1. The van der Waals surface area contributed by atoms with Gasteiger partial charge in [-0.25, -0.2) is 17.6 Å². The van der Waals surface area contributed by atoms with Crippen molar-refractivity contribution in [3.8, 4) is 5.75 Å². The summed E-state index contributed by atoms with van der Waals surface area (Å²) in [4.78, 5) is 16.6. The van der Waals surface area contributed by atoms with Gasteiger partial charge >= 0.3 is 5.97 Å². The molecule has 2 fully saturated rings. The molecule has 0 saturated carbocycles. The molecule has 3 aliphatic heterocycles. The Kier molecular flexibility index (Phi) is 8.82. The number of ether oxygens (including phenoxy) is 1. The Morgan fingerprint density at radius 3 is 2.48 bits per heavy atom. The average molecular weight is 612 g/mol. The topological polar surface area (TPSA) is 56.3 Å². The number of piperidine rings is 1. The van der Waals surface area contributed by atoms with Crippen molar-refractivity contribution < 1.29 is 32.2 Å². The molecule has 1 spiro atoms. The van der Waals surface area contributed by atoms with Crippen LogP contribution in [0.15, 0.2) is 60.7 Å². The molecule has 2 unspecified atom stereocenters. The molecule has 44 heavy (non-hydrogen) atoms. The summed E-state index contributed by atoms with van der Waals surface area (Å²) >= 11 is 0. The second-order valence-corrected chi connectivity index (χ2v) is 12.4. The molecule has 0 amide bonds. The number of carboxylic acid groups (broad SMARTS) is 1. The van der Waals surface area contributed by atoms with Crippen molar-refractivity contribution in [2.24, 2.45) is 5.41 Å². The first kappa shape index (κ1) is 30.4. The van der Waals surface area contributed by atoms with Crippen LogP contribution in [0.1, 0.15) is 47.6 Å². The summed E-state index contributed by atoms with van der Waals surface area (Å²) in [5.74, 6) is -1.78. The predicted octanol–water partition coefficient (Wildman–Crippen LogP) is 6.13. The summed E-state index contributed by atoms with van der Waals surface area (Å²) in [5, 5.41) is 9.24. The van der Waals surface area contributed by atoms with E-state index in [1.807, 2.05) is 46.2 Å². The molecule has 3 heterocycles. The van der Waals surface area contributed by atoms with E-state index >= 15 is 8.78 Å². The Morgan fingerprint density at radius 1 is 0.977 bits per heavy atom. The SMILES string of the molecule is O=C(O)CN1CCCC2(CCN(c3cc(F)c(C4c5ccc(OCc6ccccc6)cc5CCN4CC(F)F)c(F)c3)C2)C1. The summed E-state index contributed by atoms with van der Waals surface area (Å²) in [6.45, 7) is 2.53. The number of carbonyl (C=O) groups is 1. The summed E-state index contributed by atoms with van der Waals surface area (Å²) < 4.78 is 65.3. The first-order valence-electron chi connectivity index (χ1n) is 15.2. The van der Waals surface area contributed by atoms with Gasteiger partial charge in [-0.1, -0.05) is 36.4 Å². The molecule has 3 aromatic carbocycles. The van der Waals surface area contributed by atoms with Gasteiger partial charge in [0.15, 0.2) is 0 Å². The van der Waals surface area contributed by atoms with E-state index < -0.39 is 36.6 Å². The van der Waals surface area contributed by atoms with Crippen molar-refractivity contribution >= 4 is 11.7 Å². The van der Waals surface area contributed by atoms with E-state index in [1.165, 1.54) is 17.0 Å². The lowest BCUT2D eigenvalue weighted by Crippen LogP contribution is -2.46. The second kappa shape index (κ2) is 12.8. The molecule has 0 radical (unpaired) electrons. The molecule has 6 rings (SSSR count). The summed E-state index contributed by atoms with van der Waals surface area (Å²) in [6, 6.07) is 16.6. The van der Waals surface area contributed by atoms with Crippen LogP contribution in [0.25, 0.3) is 0 Å². The molecule has 2 saturated heterocycles. The predicted molar refractivity (Wildman–Crippen MR) is 159 cm³/mol. The number of carboxylic acids is 1. The van der Waals surface area contributed by atoms with Crippen LogP contribution in [0.5, 0.6) is 5.75 Å². The zero-order valence-electron chi connectivity index (χ0n) is 24.5. The largest absolute Gasteiger partial charge is 0.489 e. The molecule has 2 atom stereocenters. The van der Waals surface area contributed by atoms with Crippen molar-refractivity contribution in [3.63, 3.8) is 0 Å². The fourth-order valence-electron chi connectivity index (χ4n) is 7.34. The zero-order chi connectivity index (χ0) is 30.8. The van der Waals surface area contributed by atoms with Gasteiger partial charge in [0.05, 0.1) is 19.1 Å². The first-order valence-corrected chi connectivity index (χ1v) is 15.2. The Bertz CT molecular complexity index is 1470. The van der Waals surface area contributed by atoms with E-state index in [1.54, 1.807) is 12.1 Å². The smallest absolute Gasteiger partial charge is 0.317 e. The van der Waals surface area contributed by atoms with Gasteiger partial charge < -0.3 is 14.7 Å². The fraction of sp³-hybridized carbons (Fsp3) is 0.441. The third-order valence-corrected chi connectivity index (χ3v) is 9.30.